The first kappa shape index (κ1) is 13.7. The third-order valence-corrected chi connectivity index (χ3v) is 5.10. The SMILES string of the molecule is CC1CN(c2ccc(-c3nccn3C)nn2)CC1(O)C1CC1. The largest absolute Gasteiger partial charge is 0.387 e. The number of hydrogen-bond donors (Lipinski definition) is 1. The van der Waals surface area contributed by atoms with Crippen molar-refractivity contribution in [2.45, 2.75) is 25.4 Å². The molecule has 0 radical (unpaired) electrons. The maximum Gasteiger partial charge on any atom is 0.160 e. The molecule has 0 amide bonds. The van der Waals surface area contributed by atoms with Crippen LogP contribution >= 0.6 is 0 Å². The van der Waals surface area contributed by atoms with Crippen molar-refractivity contribution in [2.24, 2.45) is 18.9 Å². The lowest BCUT2D eigenvalue weighted by Gasteiger charge is -2.26. The quantitative estimate of drug-likeness (QED) is 0.929. The van der Waals surface area contributed by atoms with Crippen LogP contribution in [0.25, 0.3) is 11.5 Å². The second-order valence-corrected chi connectivity index (χ2v) is 6.69. The number of aryl methyl sites for hydroxylation is 1. The van der Waals surface area contributed by atoms with Crippen molar-refractivity contribution in [3.8, 4) is 11.5 Å². The second kappa shape index (κ2) is 4.78. The first-order valence-electron chi connectivity index (χ1n) is 7.86. The lowest BCUT2D eigenvalue weighted by Crippen LogP contribution is -2.39. The molecule has 2 aromatic rings. The molecule has 1 saturated carbocycles. The van der Waals surface area contributed by atoms with E-state index in [2.05, 4.69) is 27.0 Å². The molecule has 1 N–H and O–H groups in total. The highest BCUT2D eigenvalue weighted by Gasteiger charge is 2.52. The van der Waals surface area contributed by atoms with E-state index in [9.17, 15) is 5.11 Å². The van der Waals surface area contributed by atoms with Gasteiger partial charge in [0.2, 0.25) is 0 Å². The summed E-state index contributed by atoms with van der Waals surface area (Å²) in [5.41, 5.74) is 0.209. The third-order valence-electron chi connectivity index (χ3n) is 5.10. The summed E-state index contributed by atoms with van der Waals surface area (Å²) in [7, 11) is 1.94. The summed E-state index contributed by atoms with van der Waals surface area (Å²) in [6.45, 7) is 3.63. The van der Waals surface area contributed by atoms with Crippen LogP contribution in [-0.2, 0) is 7.05 Å². The number of aromatic nitrogens is 4. The van der Waals surface area contributed by atoms with E-state index in [1.54, 1.807) is 6.20 Å². The van der Waals surface area contributed by atoms with Crippen LogP contribution in [0.1, 0.15) is 19.8 Å². The van der Waals surface area contributed by atoms with Crippen molar-refractivity contribution in [3.05, 3.63) is 24.5 Å². The van der Waals surface area contributed by atoms with E-state index in [0.29, 0.717) is 12.5 Å². The van der Waals surface area contributed by atoms with Gasteiger partial charge in [-0.25, -0.2) is 4.98 Å². The van der Waals surface area contributed by atoms with Crippen molar-refractivity contribution in [1.82, 2.24) is 19.7 Å². The lowest BCUT2D eigenvalue weighted by molar-refractivity contribution is 0.00281. The Kier molecular flexibility index (Phi) is 2.97. The Morgan fingerprint density at radius 3 is 2.68 bits per heavy atom. The average Bonchev–Trinajstić information content (AvgIpc) is 3.22. The Bertz CT molecular complexity index is 678. The van der Waals surface area contributed by atoms with E-state index in [1.165, 1.54) is 0 Å². The predicted molar refractivity (Wildman–Crippen MR) is 83.3 cm³/mol. The van der Waals surface area contributed by atoms with Gasteiger partial charge in [-0.15, -0.1) is 10.2 Å². The fraction of sp³-hybridized carbons (Fsp3) is 0.562. The molecule has 2 fully saturated rings. The minimum atomic E-state index is -0.556. The molecule has 4 rings (SSSR count). The molecule has 1 saturated heterocycles. The Balaban J connectivity index is 1.56. The Labute approximate surface area is 129 Å². The van der Waals surface area contributed by atoms with Crippen LogP contribution in [0, 0.1) is 11.8 Å². The Morgan fingerprint density at radius 2 is 2.09 bits per heavy atom. The molecule has 116 valence electrons. The number of hydrogen-bond acceptors (Lipinski definition) is 5. The van der Waals surface area contributed by atoms with Crippen LogP contribution in [0.4, 0.5) is 5.82 Å². The number of imidazole rings is 1. The van der Waals surface area contributed by atoms with Crippen LogP contribution in [-0.4, -0.2) is 43.5 Å². The van der Waals surface area contributed by atoms with E-state index in [4.69, 9.17) is 0 Å². The van der Waals surface area contributed by atoms with E-state index in [-0.39, 0.29) is 5.92 Å². The van der Waals surface area contributed by atoms with Gasteiger partial charge in [0.25, 0.3) is 0 Å². The zero-order valence-corrected chi connectivity index (χ0v) is 13.0. The molecule has 2 unspecified atom stereocenters. The van der Waals surface area contributed by atoms with Crippen LogP contribution in [0.15, 0.2) is 24.5 Å². The zero-order chi connectivity index (χ0) is 15.3. The van der Waals surface area contributed by atoms with Crippen LogP contribution in [0.5, 0.6) is 0 Å². The number of β-amino-alcohol motifs (C(OH)–C–C–N with tert-alkyl or cyclic N) is 1. The Hall–Kier alpha value is -1.95. The third kappa shape index (κ3) is 2.09. The fourth-order valence-electron chi connectivity index (χ4n) is 3.53. The summed E-state index contributed by atoms with van der Waals surface area (Å²) in [5.74, 6) is 2.38. The predicted octanol–water partition coefficient (Wildman–Crippen LogP) is 1.47. The first-order valence-corrected chi connectivity index (χ1v) is 7.86. The molecular weight excluding hydrogens is 278 g/mol. The van der Waals surface area contributed by atoms with Gasteiger partial charge in [-0.05, 0) is 30.9 Å². The van der Waals surface area contributed by atoms with E-state index in [1.807, 2.05) is 29.9 Å². The average molecular weight is 299 g/mol. The van der Waals surface area contributed by atoms with Crippen molar-refractivity contribution in [3.63, 3.8) is 0 Å². The molecule has 3 heterocycles. The normalized spacial score (nSPS) is 28.3. The van der Waals surface area contributed by atoms with E-state index < -0.39 is 5.60 Å². The molecule has 1 aliphatic heterocycles. The van der Waals surface area contributed by atoms with Crippen molar-refractivity contribution >= 4 is 5.82 Å². The van der Waals surface area contributed by atoms with E-state index >= 15 is 0 Å². The smallest absolute Gasteiger partial charge is 0.160 e. The molecular formula is C16H21N5O. The summed E-state index contributed by atoms with van der Waals surface area (Å²) >= 11 is 0. The Morgan fingerprint density at radius 1 is 1.27 bits per heavy atom. The van der Waals surface area contributed by atoms with Gasteiger partial charge >= 0.3 is 0 Å². The molecule has 6 heteroatoms. The first-order chi connectivity index (χ1) is 10.6. The standard InChI is InChI=1S/C16H21N5O/c1-11-9-21(10-16(11,22)12-3-4-12)14-6-5-13(18-19-14)15-17-7-8-20(15)2/h5-8,11-12,22H,3-4,9-10H2,1-2H3. The molecule has 6 nitrogen and oxygen atoms in total. The summed E-state index contributed by atoms with van der Waals surface area (Å²) in [6, 6.07) is 3.92. The highest BCUT2D eigenvalue weighted by Crippen LogP contribution is 2.47. The van der Waals surface area contributed by atoms with Gasteiger partial charge in [-0.2, -0.15) is 0 Å². The summed E-state index contributed by atoms with van der Waals surface area (Å²) in [4.78, 5) is 6.44. The van der Waals surface area contributed by atoms with Crippen molar-refractivity contribution < 1.29 is 5.11 Å². The summed E-state index contributed by atoms with van der Waals surface area (Å²) in [6.07, 6.45) is 5.95. The fourth-order valence-corrected chi connectivity index (χ4v) is 3.53. The zero-order valence-electron chi connectivity index (χ0n) is 13.0. The molecule has 1 aliphatic carbocycles. The number of rotatable bonds is 3. The van der Waals surface area contributed by atoms with Gasteiger partial charge in [0.15, 0.2) is 11.6 Å². The molecule has 2 atom stereocenters. The van der Waals surface area contributed by atoms with Crippen LogP contribution < -0.4 is 4.90 Å². The maximum atomic E-state index is 10.9. The van der Waals surface area contributed by atoms with Gasteiger partial charge in [-0.3, -0.25) is 0 Å². The minimum absolute atomic E-state index is 0.274. The minimum Gasteiger partial charge on any atom is -0.387 e. The van der Waals surface area contributed by atoms with Gasteiger partial charge in [0.05, 0.1) is 5.60 Å². The molecule has 2 aliphatic rings. The van der Waals surface area contributed by atoms with Gasteiger partial charge < -0.3 is 14.6 Å². The number of nitrogens with zero attached hydrogens (tertiary/aromatic N) is 5. The molecule has 0 bridgehead atoms. The topological polar surface area (TPSA) is 67.1 Å². The lowest BCUT2D eigenvalue weighted by atomic mass is 9.88. The summed E-state index contributed by atoms with van der Waals surface area (Å²) in [5, 5.41) is 19.5. The highest BCUT2D eigenvalue weighted by molar-refractivity contribution is 5.52. The van der Waals surface area contributed by atoms with Gasteiger partial charge in [0, 0.05) is 38.4 Å². The monoisotopic (exact) mass is 299 g/mol. The van der Waals surface area contributed by atoms with Crippen LogP contribution in [0.3, 0.4) is 0 Å². The number of anilines is 1. The van der Waals surface area contributed by atoms with Gasteiger partial charge in [0.1, 0.15) is 5.69 Å². The molecule has 0 spiro atoms. The van der Waals surface area contributed by atoms with Crippen LogP contribution in [0.2, 0.25) is 0 Å². The van der Waals surface area contributed by atoms with E-state index in [0.717, 1.165) is 36.7 Å². The molecule has 22 heavy (non-hydrogen) atoms. The molecule has 2 aromatic heterocycles. The number of aliphatic hydroxyl groups is 1. The van der Waals surface area contributed by atoms with Gasteiger partial charge in [-0.1, -0.05) is 6.92 Å². The molecule has 0 aromatic carbocycles. The van der Waals surface area contributed by atoms with Crippen molar-refractivity contribution in [2.75, 3.05) is 18.0 Å². The second-order valence-electron chi connectivity index (χ2n) is 6.69. The maximum absolute atomic E-state index is 10.9. The van der Waals surface area contributed by atoms with Crippen molar-refractivity contribution in [1.29, 1.82) is 0 Å². The summed E-state index contributed by atoms with van der Waals surface area (Å²) < 4.78 is 1.92. The highest BCUT2D eigenvalue weighted by atomic mass is 16.3.